The fraction of sp³-hybridized carbons (Fsp3) is 0.871. The maximum Gasteiger partial charge on any atom is 0.303 e. The van der Waals surface area contributed by atoms with Gasteiger partial charge in [-0.3, -0.25) is 9.59 Å². The molecular formula is C31H50O5. The van der Waals surface area contributed by atoms with E-state index in [-0.39, 0.29) is 28.7 Å². The molecule has 4 rings (SSSR count). The van der Waals surface area contributed by atoms with Gasteiger partial charge in [0.05, 0.1) is 6.10 Å². The molecule has 3 fully saturated rings. The zero-order chi connectivity index (χ0) is 26.4. The normalized spacial score (nSPS) is 42.6. The number of aliphatic hydroxyl groups excluding tert-OH is 1. The van der Waals surface area contributed by atoms with Crippen molar-refractivity contribution >= 4 is 11.9 Å². The molecule has 1 N–H and O–H groups in total. The van der Waals surface area contributed by atoms with Gasteiger partial charge in [-0.1, -0.05) is 60.0 Å². The molecule has 0 amide bonds. The fourth-order valence-corrected chi connectivity index (χ4v) is 9.33. The van der Waals surface area contributed by atoms with E-state index in [0.717, 1.165) is 36.2 Å². The molecule has 4 aliphatic rings. The van der Waals surface area contributed by atoms with E-state index in [2.05, 4.69) is 34.6 Å². The van der Waals surface area contributed by atoms with Crippen molar-refractivity contribution in [3.63, 3.8) is 0 Å². The van der Waals surface area contributed by atoms with Gasteiger partial charge in [0.1, 0.15) is 6.10 Å². The Balaban J connectivity index is 1.60. The second-order valence-corrected chi connectivity index (χ2v) is 13.6. The molecule has 204 valence electrons. The van der Waals surface area contributed by atoms with Crippen LogP contribution in [-0.4, -0.2) is 35.4 Å². The highest BCUT2D eigenvalue weighted by Gasteiger charge is 2.62. The van der Waals surface area contributed by atoms with Gasteiger partial charge in [0.25, 0.3) is 0 Å². The predicted octanol–water partition coefficient (Wildman–Crippen LogP) is 6.47. The summed E-state index contributed by atoms with van der Waals surface area (Å²) in [5, 5.41) is 11.6. The lowest BCUT2D eigenvalue weighted by Crippen LogP contribution is -2.58. The van der Waals surface area contributed by atoms with Crippen LogP contribution in [0.4, 0.5) is 0 Å². The Bertz CT molecular complexity index is 863. The number of hydrogen-bond acceptors (Lipinski definition) is 5. The largest absolute Gasteiger partial charge is 0.458 e. The molecule has 0 bridgehead atoms. The van der Waals surface area contributed by atoms with Gasteiger partial charge in [0, 0.05) is 13.8 Å². The summed E-state index contributed by atoms with van der Waals surface area (Å²) in [4.78, 5) is 23.8. The highest BCUT2D eigenvalue weighted by molar-refractivity contribution is 5.68. The Morgan fingerprint density at radius 3 is 2.31 bits per heavy atom. The number of esters is 2. The van der Waals surface area contributed by atoms with Crippen molar-refractivity contribution in [2.45, 2.75) is 125 Å². The van der Waals surface area contributed by atoms with Gasteiger partial charge in [0.15, 0.2) is 6.10 Å². The maximum absolute atomic E-state index is 12.0. The lowest BCUT2D eigenvalue weighted by Gasteiger charge is -2.60. The molecule has 4 aliphatic carbocycles. The third-order valence-corrected chi connectivity index (χ3v) is 11.0. The number of aliphatic hydroxyl groups is 1. The molecule has 0 saturated heterocycles. The lowest BCUT2D eigenvalue weighted by molar-refractivity contribution is -0.172. The Kier molecular flexibility index (Phi) is 8.01. The van der Waals surface area contributed by atoms with Gasteiger partial charge < -0.3 is 14.6 Å². The first-order valence-electron chi connectivity index (χ1n) is 14.6. The Morgan fingerprint density at radius 1 is 0.972 bits per heavy atom. The van der Waals surface area contributed by atoms with E-state index in [1.165, 1.54) is 52.4 Å². The third kappa shape index (κ3) is 4.90. The molecule has 0 aliphatic heterocycles. The van der Waals surface area contributed by atoms with Gasteiger partial charge >= 0.3 is 11.9 Å². The van der Waals surface area contributed by atoms with Gasteiger partial charge in [0.2, 0.25) is 0 Å². The average molecular weight is 503 g/mol. The number of hydrogen-bond donors (Lipinski definition) is 1. The summed E-state index contributed by atoms with van der Waals surface area (Å²) in [6.45, 7) is 14.8. The van der Waals surface area contributed by atoms with Crippen LogP contribution in [-0.2, 0) is 19.1 Å². The zero-order valence-corrected chi connectivity index (χ0v) is 23.7. The summed E-state index contributed by atoms with van der Waals surface area (Å²) in [5.74, 6) is 2.62. The first-order chi connectivity index (χ1) is 16.9. The van der Waals surface area contributed by atoms with Crippen LogP contribution in [0, 0.1) is 46.3 Å². The molecule has 0 radical (unpaired) electrons. The third-order valence-electron chi connectivity index (χ3n) is 11.0. The number of carbonyl (C=O) groups excluding carboxylic acids is 2. The van der Waals surface area contributed by atoms with Crippen molar-refractivity contribution in [3.05, 3.63) is 11.6 Å². The van der Waals surface area contributed by atoms with Crippen molar-refractivity contribution in [3.8, 4) is 0 Å². The van der Waals surface area contributed by atoms with E-state index in [1.54, 1.807) is 0 Å². The van der Waals surface area contributed by atoms with Gasteiger partial charge in [-0.2, -0.15) is 0 Å². The highest BCUT2D eigenvalue weighted by atomic mass is 16.6. The lowest BCUT2D eigenvalue weighted by atomic mass is 9.46. The highest BCUT2D eigenvalue weighted by Crippen LogP contribution is 2.67. The van der Waals surface area contributed by atoms with Crippen LogP contribution in [0.2, 0.25) is 0 Å². The number of ether oxygens (including phenoxy) is 2. The molecule has 5 heteroatoms. The van der Waals surface area contributed by atoms with E-state index in [4.69, 9.17) is 9.47 Å². The minimum absolute atomic E-state index is 0.150. The summed E-state index contributed by atoms with van der Waals surface area (Å²) in [5.41, 5.74) is 1.11. The van der Waals surface area contributed by atoms with Crippen LogP contribution in [0.1, 0.15) is 106 Å². The summed E-state index contributed by atoms with van der Waals surface area (Å²) in [6.07, 6.45) is 10.7. The van der Waals surface area contributed by atoms with Crippen molar-refractivity contribution < 1.29 is 24.2 Å². The first-order valence-corrected chi connectivity index (χ1v) is 14.6. The Labute approximate surface area is 218 Å². The Morgan fingerprint density at radius 2 is 1.67 bits per heavy atom. The van der Waals surface area contributed by atoms with Gasteiger partial charge in [-0.25, -0.2) is 0 Å². The molecule has 0 aromatic heterocycles. The van der Waals surface area contributed by atoms with Gasteiger partial charge in [-0.05, 0) is 90.4 Å². The monoisotopic (exact) mass is 502 g/mol. The molecule has 36 heavy (non-hydrogen) atoms. The van der Waals surface area contributed by atoms with Crippen LogP contribution in [0.3, 0.4) is 0 Å². The quantitative estimate of drug-likeness (QED) is 0.319. The van der Waals surface area contributed by atoms with Crippen LogP contribution in [0.15, 0.2) is 11.6 Å². The van der Waals surface area contributed by atoms with Crippen LogP contribution >= 0.6 is 0 Å². The number of carbonyl (C=O) groups is 2. The zero-order valence-electron chi connectivity index (χ0n) is 23.7. The van der Waals surface area contributed by atoms with E-state index in [1.807, 2.05) is 6.08 Å². The van der Waals surface area contributed by atoms with E-state index in [9.17, 15) is 14.7 Å². The van der Waals surface area contributed by atoms with E-state index in [0.29, 0.717) is 18.3 Å². The molecular weight excluding hydrogens is 452 g/mol. The van der Waals surface area contributed by atoms with E-state index < -0.39 is 18.3 Å². The topological polar surface area (TPSA) is 72.8 Å². The molecule has 0 aromatic carbocycles. The molecule has 10 atom stereocenters. The van der Waals surface area contributed by atoms with Crippen molar-refractivity contribution in [1.29, 1.82) is 0 Å². The van der Waals surface area contributed by atoms with Crippen molar-refractivity contribution in [2.75, 3.05) is 0 Å². The smallest absolute Gasteiger partial charge is 0.303 e. The van der Waals surface area contributed by atoms with E-state index >= 15 is 0 Å². The standard InChI is InChI=1S/C31H50O5/c1-18(2)9-8-10-19(3)22-11-12-23-28-24(13-15-30(22,23)6)31(7)16-14-27(35-20(4)32)29(36-21(5)33)25(31)17-26(28)34/h17-19,22-24,26-29,34H,8-16H2,1-7H3/t19-,22-,23+,24+,26+,27+,28+,29-,30-,31-/m1/s1. The fourth-order valence-electron chi connectivity index (χ4n) is 9.33. The number of fused-ring (bicyclic) bond motifs is 5. The summed E-state index contributed by atoms with van der Waals surface area (Å²) >= 11 is 0. The maximum atomic E-state index is 12.0. The summed E-state index contributed by atoms with van der Waals surface area (Å²) in [6, 6.07) is 0. The summed E-state index contributed by atoms with van der Waals surface area (Å²) < 4.78 is 11.4. The predicted molar refractivity (Wildman–Crippen MR) is 141 cm³/mol. The molecule has 0 aromatic rings. The average Bonchev–Trinajstić information content (AvgIpc) is 3.13. The van der Waals surface area contributed by atoms with Crippen LogP contribution in [0.5, 0.6) is 0 Å². The van der Waals surface area contributed by atoms with Crippen LogP contribution < -0.4 is 0 Å². The first kappa shape index (κ1) is 27.7. The van der Waals surface area contributed by atoms with Crippen LogP contribution in [0.25, 0.3) is 0 Å². The van der Waals surface area contributed by atoms with Crippen molar-refractivity contribution in [2.24, 2.45) is 46.3 Å². The SMILES string of the molecule is CC(=O)O[C@H]1CC[C@@]2(C)C(=C[C@H](O)[C@H]3[C@@H]4CC[C@H]([C@H](C)CCCC(C)C)[C@@]4(C)CC[C@@H]32)[C@H]1OC(C)=O. The van der Waals surface area contributed by atoms with Gasteiger partial charge in [-0.15, -0.1) is 0 Å². The minimum atomic E-state index is -0.605. The van der Waals surface area contributed by atoms with Crippen molar-refractivity contribution in [1.82, 2.24) is 0 Å². The minimum Gasteiger partial charge on any atom is -0.458 e. The second-order valence-electron chi connectivity index (χ2n) is 13.6. The molecule has 3 saturated carbocycles. The molecule has 5 nitrogen and oxygen atoms in total. The molecule has 0 heterocycles. The second kappa shape index (κ2) is 10.4. The Hall–Kier alpha value is -1.36. The number of rotatable bonds is 7. The summed E-state index contributed by atoms with van der Waals surface area (Å²) in [7, 11) is 0. The molecule has 0 spiro atoms. The molecule has 0 unspecified atom stereocenters.